The van der Waals surface area contributed by atoms with Crippen molar-refractivity contribution in [2.75, 3.05) is 26.2 Å². The fourth-order valence-corrected chi connectivity index (χ4v) is 3.69. The largest absolute Gasteiger partial charge is 0.462 e. The van der Waals surface area contributed by atoms with Crippen molar-refractivity contribution in [2.24, 2.45) is 11.3 Å². The van der Waals surface area contributed by atoms with E-state index in [0.717, 1.165) is 57.7 Å². The Kier molecular flexibility index (Phi) is 16.7. The number of nitrogens with one attached hydrogen (secondary N) is 2. The molecule has 4 unspecified atom stereocenters. The SMILES string of the molecule is CCCCC(CC)CNCCCNC(CCCC)C(C)(CC)C(=O)OCC(C)O. The van der Waals surface area contributed by atoms with Crippen LogP contribution in [0.2, 0.25) is 0 Å². The molecule has 0 fully saturated rings. The summed E-state index contributed by atoms with van der Waals surface area (Å²) in [5.41, 5.74) is -0.565. The highest BCUT2D eigenvalue weighted by Gasteiger charge is 2.40. The smallest absolute Gasteiger partial charge is 0.313 e. The molecule has 0 aliphatic heterocycles. The van der Waals surface area contributed by atoms with Crippen molar-refractivity contribution in [3.05, 3.63) is 0 Å². The zero-order chi connectivity index (χ0) is 22.1. The quantitative estimate of drug-likeness (QED) is 0.212. The first kappa shape index (κ1) is 28.4. The number of hydrogen-bond donors (Lipinski definition) is 3. The molecule has 0 spiro atoms. The van der Waals surface area contributed by atoms with Crippen molar-refractivity contribution in [1.82, 2.24) is 10.6 Å². The van der Waals surface area contributed by atoms with Gasteiger partial charge in [0.25, 0.3) is 0 Å². The van der Waals surface area contributed by atoms with Crippen molar-refractivity contribution in [3.8, 4) is 0 Å². The van der Waals surface area contributed by atoms with E-state index < -0.39 is 11.5 Å². The zero-order valence-corrected chi connectivity index (χ0v) is 20.2. The minimum absolute atomic E-state index is 0.0649. The van der Waals surface area contributed by atoms with Gasteiger partial charge in [0, 0.05) is 6.04 Å². The van der Waals surface area contributed by atoms with Gasteiger partial charge in [-0.1, -0.05) is 59.8 Å². The van der Waals surface area contributed by atoms with Gasteiger partial charge in [0.15, 0.2) is 0 Å². The first-order valence-electron chi connectivity index (χ1n) is 12.1. The number of esters is 1. The Labute approximate surface area is 180 Å². The van der Waals surface area contributed by atoms with Gasteiger partial charge in [-0.05, 0) is 65.1 Å². The number of rotatable bonds is 19. The Morgan fingerprint density at radius 2 is 1.69 bits per heavy atom. The lowest BCUT2D eigenvalue weighted by atomic mass is 9.77. The van der Waals surface area contributed by atoms with Gasteiger partial charge in [-0.3, -0.25) is 4.79 Å². The van der Waals surface area contributed by atoms with Gasteiger partial charge in [-0.15, -0.1) is 0 Å². The summed E-state index contributed by atoms with van der Waals surface area (Å²) < 4.78 is 5.39. The zero-order valence-electron chi connectivity index (χ0n) is 20.2. The highest BCUT2D eigenvalue weighted by Crippen LogP contribution is 2.31. The van der Waals surface area contributed by atoms with Gasteiger partial charge in [-0.25, -0.2) is 0 Å². The van der Waals surface area contributed by atoms with Crippen LogP contribution in [0.25, 0.3) is 0 Å². The van der Waals surface area contributed by atoms with E-state index in [9.17, 15) is 9.90 Å². The Balaban J connectivity index is 4.52. The van der Waals surface area contributed by atoms with E-state index in [1.807, 2.05) is 13.8 Å². The van der Waals surface area contributed by atoms with E-state index in [1.165, 1.54) is 25.7 Å². The van der Waals surface area contributed by atoms with Crippen LogP contribution in [0.4, 0.5) is 0 Å². The molecule has 0 rings (SSSR count). The Hall–Kier alpha value is -0.650. The van der Waals surface area contributed by atoms with Crippen LogP contribution in [0.15, 0.2) is 0 Å². The van der Waals surface area contributed by atoms with Gasteiger partial charge < -0.3 is 20.5 Å². The van der Waals surface area contributed by atoms with Crippen LogP contribution in [0.3, 0.4) is 0 Å². The predicted molar refractivity (Wildman–Crippen MR) is 123 cm³/mol. The number of carbonyl (C=O) groups is 1. The molecule has 29 heavy (non-hydrogen) atoms. The third-order valence-corrected chi connectivity index (χ3v) is 6.17. The molecule has 0 aromatic heterocycles. The van der Waals surface area contributed by atoms with Crippen molar-refractivity contribution < 1.29 is 14.6 Å². The van der Waals surface area contributed by atoms with Crippen LogP contribution in [-0.4, -0.2) is 49.5 Å². The number of aliphatic hydroxyl groups is 1. The molecule has 3 N–H and O–H groups in total. The summed E-state index contributed by atoms with van der Waals surface area (Å²) in [5.74, 6) is 0.585. The average molecular weight is 415 g/mol. The van der Waals surface area contributed by atoms with E-state index >= 15 is 0 Å². The number of hydrogen-bond acceptors (Lipinski definition) is 5. The van der Waals surface area contributed by atoms with Crippen LogP contribution in [0.1, 0.15) is 99.3 Å². The Bertz CT molecular complexity index is 404. The molecule has 0 aliphatic carbocycles. The van der Waals surface area contributed by atoms with Crippen molar-refractivity contribution >= 4 is 5.97 Å². The first-order valence-corrected chi connectivity index (χ1v) is 12.1. The number of carbonyl (C=O) groups excluding carboxylic acids is 1. The van der Waals surface area contributed by atoms with Gasteiger partial charge in [0.2, 0.25) is 0 Å². The summed E-state index contributed by atoms with van der Waals surface area (Å²) in [4.78, 5) is 12.7. The summed E-state index contributed by atoms with van der Waals surface area (Å²) >= 11 is 0. The van der Waals surface area contributed by atoms with E-state index in [4.69, 9.17) is 4.74 Å². The molecule has 0 radical (unpaired) electrons. The van der Waals surface area contributed by atoms with Crippen LogP contribution in [0, 0.1) is 11.3 Å². The van der Waals surface area contributed by atoms with Crippen LogP contribution in [0.5, 0.6) is 0 Å². The lowest BCUT2D eigenvalue weighted by Gasteiger charge is -2.36. The molecule has 0 bridgehead atoms. The molecule has 4 atom stereocenters. The molecule has 0 aromatic rings. The number of ether oxygens (including phenoxy) is 1. The lowest BCUT2D eigenvalue weighted by Crippen LogP contribution is -2.49. The summed E-state index contributed by atoms with van der Waals surface area (Å²) in [7, 11) is 0. The molecule has 0 aliphatic rings. The Morgan fingerprint density at radius 1 is 1.03 bits per heavy atom. The number of aliphatic hydroxyl groups excluding tert-OH is 1. The molecule has 0 saturated carbocycles. The van der Waals surface area contributed by atoms with E-state index in [0.29, 0.717) is 0 Å². The Morgan fingerprint density at radius 3 is 2.24 bits per heavy atom. The standard InChI is InChI=1S/C24H50N2O3/c1-7-11-14-21(9-3)18-25-16-13-17-26-22(15-12-8-2)24(6,10-4)23(28)29-19-20(5)27/h20-22,25-27H,7-19H2,1-6H3. The molecule has 0 amide bonds. The van der Waals surface area contributed by atoms with Crippen LogP contribution >= 0.6 is 0 Å². The summed E-state index contributed by atoms with van der Waals surface area (Å²) in [6, 6.07) is 0.0990. The topological polar surface area (TPSA) is 70.6 Å². The molecule has 0 saturated heterocycles. The molecule has 0 aromatic carbocycles. The van der Waals surface area contributed by atoms with Gasteiger partial charge in [0.1, 0.15) is 6.61 Å². The highest BCUT2D eigenvalue weighted by atomic mass is 16.5. The second kappa shape index (κ2) is 17.1. The lowest BCUT2D eigenvalue weighted by molar-refractivity contribution is -0.160. The maximum absolute atomic E-state index is 12.7. The normalized spacial score (nSPS) is 16.8. The molecular formula is C24H50N2O3. The van der Waals surface area contributed by atoms with Crippen molar-refractivity contribution in [1.29, 1.82) is 0 Å². The molecule has 174 valence electrons. The average Bonchev–Trinajstić information content (AvgIpc) is 2.72. The van der Waals surface area contributed by atoms with E-state index in [-0.39, 0.29) is 18.6 Å². The third-order valence-electron chi connectivity index (χ3n) is 6.17. The summed E-state index contributed by atoms with van der Waals surface area (Å²) in [6.07, 6.45) is 9.47. The van der Waals surface area contributed by atoms with Gasteiger partial charge >= 0.3 is 5.97 Å². The first-order chi connectivity index (χ1) is 13.8. The minimum atomic E-state index is -0.627. The summed E-state index contributed by atoms with van der Waals surface area (Å²) in [5, 5.41) is 16.7. The molecular weight excluding hydrogens is 364 g/mol. The number of unbranched alkanes of at least 4 members (excludes halogenated alkanes) is 2. The van der Waals surface area contributed by atoms with Gasteiger partial charge in [0.05, 0.1) is 11.5 Å². The molecule has 0 heterocycles. The van der Waals surface area contributed by atoms with Crippen LogP contribution < -0.4 is 10.6 Å². The van der Waals surface area contributed by atoms with E-state index in [1.54, 1.807) is 6.92 Å². The van der Waals surface area contributed by atoms with Crippen LogP contribution in [-0.2, 0) is 9.53 Å². The van der Waals surface area contributed by atoms with Crippen molar-refractivity contribution in [2.45, 2.75) is 111 Å². The maximum atomic E-state index is 12.7. The minimum Gasteiger partial charge on any atom is -0.462 e. The second-order valence-electron chi connectivity index (χ2n) is 8.84. The maximum Gasteiger partial charge on any atom is 0.313 e. The second-order valence-corrected chi connectivity index (χ2v) is 8.84. The van der Waals surface area contributed by atoms with Gasteiger partial charge in [-0.2, -0.15) is 0 Å². The summed E-state index contributed by atoms with van der Waals surface area (Å²) in [6.45, 7) is 15.5. The fourth-order valence-electron chi connectivity index (χ4n) is 3.69. The molecule has 5 heteroatoms. The third kappa shape index (κ3) is 12.0. The van der Waals surface area contributed by atoms with E-state index in [2.05, 4.69) is 31.4 Å². The highest BCUT2D eigenvalue weighted by molar-refractivity contribution is 5.77. The molecule has 5 nitrogen and oxygen atoms in total. The predicted octanol–water partition coefficient (Wildman–Crippen LogP) is 4.67. The monoisotopic (exact) mass is 414 g/mol. The fraction of sp³-hybridized carbons (Fsp3) is 0.958. The van der Waals surface area contributed by atoms with Crippen molar-refractivity contribution in [3.63, 3.8) is 0 Å².